The Morgan fingerprint density at radius 2 is 1.75 bits per heavy atom. The zero-order valence-electron chi connectivity index (χ0n) is 18.8. The number of rotatable bonds is 8. The molecule has 13 heteroatoms. The number of hydrogen-bond acceptors (Lipinski definition) is 6. The molecule has 0 spiro atoms. The number of ether oxygens (including phenoxy) is 4. The third kappa shape index (κ3) is 6.20. The minimum absolute atomic E-state index is 0.0651. The van der Waals surface area contributed by atoms with Gasteiger partial charge in [0.05, 0.1) is 25.9 Å². The van der Waals surface area contributed by atoms with Gasteiger partial charge in [0.2, 0.25) is 0 Å². The molecule has 196 valence electrons. The highest BCUT2D eigenvalue weighted by Gasteiger charge is 2.46. The Labute approximate surface area is 201 Å². The van der Waals surface area contributed by atoms with Gasteiger partial charge >= 0.3 is 6.18 Å². The lowest BCUT2D eigenvalue weighted by Gasteiger charge is -2.36. The summed E-state index contributed by atoms with van der Waals surface area (Å²) in [7, 11) is 0. The van der Waals surface area contributed by atoms with Crippen LogP contribution in [0.2, 0.25) is 0 Å². The lowest BCUT2D eigenvalue weighted by Crippen LogP contribution is -2.45. The van der Waals surface area contributed by atoms with E-state index in [1.807, 2.05) is 0 Å². The van der Waals surface area contributed by atoms with Gasteiger partial charge in [-0.2, -0.15) is 13.2 Å². The Bertz CT molecular complexity index is 1140. The van der Waals surface area contributed by atoms with E-state index in [0.29, 0.717) is 5.75 Å². The lowest BCUT2D eigenvalue weighted by molar-refractivity contribution is -0.203. The number of carbonyl (C=O) groups is 1. The molecule has 1 aliphatic heterocycles. The normalized spacial score (nSPS) is 22.1. The topological polar surface area (TPSA) is 113 Å². The molecule has 2 fully saturated rings. The van der Waals surface area contributed by atoms with Crippen molar-refractivity contribution in [3.8, 4) is 16.9 Å². The first kappa shape index (κ1) is 26.0. The zero-order valence-corrected chi connectivity index (χ0v) is 18.8. The third-order valence-electron chi connectivity index (χ3n) is 5.75. The average Bonchev–Trinajstić information content (AvgIpc) is 2.80. The van der Waals surface area contributed by atoms with Gasteiger partial charge < -0.3 is 29.7 Å². The number of benzene rings is 1. The molecule has 0 radical (unpaired) electrons. The van der Waals surface area contributed by atoms with E-state index < -0.39 is 58.7 Å². The van der Waals surface area contributed by atoms with Crippen LogP contribution < -0.4 is 16.0 Å². The number of hydrogen-bond donors (Lipinski definition) is 2. The van der Waals surface area contributed by atoms with E-state index in [4.69, 9.17) is 24.7 Å². The summed E-state index contributed by atoms with van der Waals surface area (Å²) >= 11 is 0. The van der Waals surface area contributed by atoms with Gasteiger partial charge in [-0.15, -0.1) is 0 Å². The number of primary amides is 1. The van der Waals surface area contributed by atoms with Crippen LogP contribution in [-0.2, 0) is 20.4 Å². The van der Waals surface area contributed by atoms with Crippen molar-refractivity contribution < 1.29 is 45.7 Å². The second kappa shape index (κ2) is 10.1. The molecule has 8 nitrogen and oxygen atoms in total. The van der Waals surface area contributed by atoms with Crippen molar-refractivity contribution in [1.82, 2.24) is 4.98 Å². The quantitative estimate of drug-likeness (QED) is 0.520. The molecule has 0 bridgehead atoms. The predicted molar refractivity (Wildman–Crippen MR) is 115 cm³/mol. The molecule has 1 amide bonds. The molecule has 4 rings (SSSR count). The van der Waals surface area contributed by atoms with Crippen LogP contribution in [0.4, 0.5) is 22.0 Å². The van der Waals surface area contributed by atoms with Crippen molar-refractivity contribution in [1.29, 1.82) is 0 Å². The highest BCUT2D eigenvalue weighted by Crippen LogP contribution is 2.39. The molecular formula is C23H23F5N2O6. The Kier molecular flexibility index (Phi) is 7.34. The van der Waals surface area contributed by atoms with E-state index in [0.717, 1.165) is 6.07 Å². The third-order valence-corrected chi connectivity index (χ3v) is 5.75. The highest BCUT2D eigenvalue weighted by molar-refractivity contribution is 5.94. The van der Waals surface area contributed by atoms with Gasteiger partial charge in [0, 0.05) is 18.4 Å². The summed E-state index contributed by atoms with van der Waals surface area (Å²) in [6.45, 7) is 0.663. The fourth-order valence-corrected chi connectivity index (χ4v) is 3.91. The SMILES string of the molecule is NC(=O)c1cc(-c2ccc(OCC3COCC(COC4CC(F)(F)C4)O3)cc2)c(C(F)(F)F)[nH]c1=O. The summed E-state index contributed by atoms with van der Waals surface area (Å²) in [5, 5.41) is 0. The van der Waals surface area contributed by atoms with Crippen LogP contribution in [-0.4, -0.2) is 61.6 Å². The number of alkyl halides is 5. The molecule has 2 unspecified atom stereocenters. The molecule has 2 atom stereocenters. The molecule has 2 aliphatic rings. The molecule has 3 N–H and O–H groups in total. The van der Waals surface area contributed by atoms with Gasteiger partial charge in [-0.05, 0) is 23.8 Å². The molecule has 2 aromatic rings. The van der Waals surface area contributed by atoms with Gasteiger partial charge in [-0.25, -0.2) is 8.78 Å². The van der Waals surface area contributed by atoms with Crippen LogP contribution in [0.5, 0.6) is 5.75 Å². The number of H-pyrrole nitrogens is 1. The monoisotopic (exact) mass is 518 g/mol. The Hall–Kier alpha value is -3.03. The van der Waals surface area contributed by atoms with E-state index >= 15 is 0 Å². The summed E-state index contributed by atoms with van der Waals surface area (Å²) in [6.07, 6.45) is -6.91. The second-order valence-electron chi connectivity index (χ2n) is 8.64. The number of aromatic amines is 1. The fraction of sp³-hybridized carbons (Fsp3) is 0.478. The van der Waals surface area contributed by atoms with Gasteiger partial charge in [-0.3, -0.25) is 9.59 Å². The second-order valence-corrected chi connectivity index (χ2v) is 8.64. The molecule has 2 heterocycles. The number of pyridine rings is 1. The first-order chi connectivity index (χ1) is 16.9. The number of nitrogens with two attached hydrogens (primary N) is 1. The summed E-state index contributed by atoms with van der Waals surface area (Å²) in [5.74, 6) is -3.50. The largest absolute Gasteiger partial charge is 0.491 e. The van der Waals surface area contributed by atoms with Crippen molar-refractivity contribution in [2.45, 2.75) is 43.3 Å². The van der Waals surface area contributed by atoms with E-state index in [9.17, 15) is 31.5 Å². The predicted octanol–water partition coefficient (Wildman–Crippen LogP) is 3.14. The highest BCUT2D eigenvalue weighted by atomic mass is 19.4. The Balaban J connectivity index is 1.36. The number of carbonyl (C=O) groups excluding carboxylic acids is 1. The number of nitrogens with one attached hydrogen (secondary N) is 1. The maximum atomic E-state index is 13.5. The minimum Gasteiger partial charge on any atom is -0.491 e. The van der Waals surface area contributed by atoms with Crippen molar-refractivity contribution in [2.75, 3.05) is 26.4 Å². The maximum absolute atomic E-state index is 13.5. The molecule has 1 saturated carbocycles. The van der Waals surface area contributed by atoms with Crippen LogP contribution in [0.25, 0.3) is 11.1 Å². The number of halogens is 5. The molecule has 1 aromatic heterocycles. The van der Waals surface area contributed by atoms with E-state index in [-0.39, 0.29) is 44.8 Å². The molecular weight excluding hydrogens is 495 g/mol. The van der Waals surface area contributed by atoms with Gasteiger partial charge in [0.25, 0.3) is 17.4 Å². The van der Waals surface area contributed by atoms with Crippen LogP contribution in [0, 0.1) is 0 Å². The fourth-order valence-electron chi connectivity index (χ4n) is 3.91. The summed E-state index contributed by atoms with van der Waals surface area (Å²) in [5.41, 5.74) is 1.61. The van der Waals surface area contributed by atoms with Crippen LogP contribution in [0.1, 0.15) is 28.9 Å². The smallest absolute Gasteiger partial charge is 0.431 e. The standard InChI is InChI=1S/C23H23F5N2O6/c24-22(25)6-14(7-22)35-11-16-9-33-8-15(36-16)10-34-13-3-1-12(2-4-13)17-5-18(20(29)31)21(32)30-19(17)23(26,27)28/h1-5,14-16H,6-11H2,(H2,29,31)(H,30,32). The van der Waals surface area contributed by atoms with E-state index in [2.05, 4.69) is 0 Å². The van der Waals surface area contributed by atoms with E-state index in [1.165, 1.54) is 24.3 Å². The maximum Gasteiger partial charge on any atom is 0.431 e. The van der Waals surface area contributed by atoms with Gasteiger partial charge in [0.1, 0.15) is 35.8 Å². The van der Waals surface area contributed by atoms with Crippen LogP contribution >= 0.6 is 0 Å². The van der Waals surface area contributed by atoms with Crippen molar-refractivity contribution in [3.05, 3.63) is 51.9 Å². The zero-order chi connectivity index (χ0) is 26.1. The first-order valence-electron chi connectivity index (χ1n) is 11.0. The van der Waals surface area contributed by atoms with Crippen LogP contribution in [0.3, 0.4) is 0 Å². The Morgan fingerprint density at radius 3 is 2.33 bits per heavy atom. The number of amides is 1. The summed E-state index contributed by atoms with van der Waals surface area (Å²) < 4.78 is 88.5. The number of aromatic nitrogens is 1. The van der Waals surface area contributed by atoms with Crippen molar-refractivity contribution in [2.24, 2.45) is 5.73 Å². The average molecular weight is 518 g/mol. The van der Waals surface area contributed by atoms with E-state index in [1.54, 1.807) is 4.98 Å². The van der Waals surface area contributed by atoms with Crippen molar-refractivity contribution >= 4 is 5.91 Å². The van der Waals surface area contributed by atoms with Crippen molar-refractivity contribution in [3.63, 3.8) is 0 Å². The first-order valence-corrected chi connectivity index (χ1v) is 11.0. The molecule has 1 aliphatic carbocycles. The lowest BCUT2D eigenvalue weighted by atomic mass is 9.91. The van der Waals surface area contributed by atoms with Gasteiger partial charge in [-0.1, -0.05) is 12.1 Å². The molecule has 1 saturated heterocycles. The molecule has 1 aromatic carbocycles. The summed E-state index contributed by atoms with van der Waals surface area (Å²) in [4.78, 5) is 24.9. The van der Waals surface area contributed by atoms with Gasteiger partial charge in [0.15, 0.2) is 0 Å². The summed E-state index contributed by atoms with van der Waals surface area (Å²) in [6, 6.07) is 6.33. The Morgan fingerprint density at radius 1 is 1.11 bits per heavy atom. The molecule has 36 heavy (non-hydrogen) atoms. The van der Waals surface area contributed by atoms with Crippen LogP contribution in [0.15, 0.2) is 35.1 Å². The minimum atomic E-state index is -4.88.